The molecule has 0 bridgehead atoms. The third-order valence-corrected chi connectivity index (χ3v) is 5.64. The van der Waals surface area contributed by atoms with Crippen LogP contribution >= 0.6 is 31.9 Å². The molecule has 2 aromatic rings. The molecule has 0 heterocycles. The zero-order chi connectivity index (χ0) is 19.5. The van der Waals surface area contributed by atoms with Gasteiger partial charge < -0.3 is 9.84 Å². The highest BCUT2D eigenvalue weighted by Gasteiger charge is 2.31. The lowest BCUT2D eigenvalue weighted by atomic mass is 9.84. The lowest BCUT2D eigenvalue weighted by molar-refractivity contribution is 0.0553. The quantitative estimate of drug-likeness (QED) is 0.394. The molecule has 26 heavy (non-hydrogen) atoms. The van der Waals surface area contributed by atoms with E-state index in [4.69, 9.17) is 4.74 Å². The number of benzene rings is 2. The fraction of sp³-hybridized carbons (Fsp3) is 0.381. The van der Waals surface area contributed by atoms with Crippen molar-refractivity contribution in [3.8, 4) is 5.75 Å². The summed E-state index contributed by atoms with van der Waals surface area (Å²) in [5.41, 5.74) is 2.03. The summed E-state index contributed by atoms with van der Waals surface area (Å²) in [6.45, 7) is 8.48. The SMILES string of the molecule is CCO[C@@H](c1cc(Br)c(O)c(C(C)(C)C)c1)[C@H](Br)C(=O)c1ccccc1. The maximum absolute atomic E-state index is 12.9. The minimum atomic E-state index is -0.533. The first-order chi connectivity index (χ1) is 12.2. The second kappa shape index (κ2) is 8.68. The second-order valence-corrected chi connectivity index (χ2v) is 9.00. The minimum Gasteiger partial charge on any atom is -0.506 e. The molecule has 140 valence electrons. The van der Waals surface area contributed by atoms with E-state index in [0.717, 1.165) is 11.1 Å². The lowest BCUT2D eigenvalue weighted by Gasteiger charge is -2.27. The van der Waals surface area contributed by atoms with Crippen LogP contribution in [0, 0.1) is 0 Å². The highest BCUT2D eigenvalue weighted by atomic mass is 79.9. The molecule has 5 heteroatoms. The van der Waals surface area contributed by atoms with Gasteiger partial charge in [0, 0.05) is 17.7 Å². The smallest absolute Gasteiger partial charge is 0.179 e. The van der Waals surface area contributed by atoms with Gasteiger partial charge in [-0.15, -0.1) is 0 Å². The second-order valence-electron chi connectivity index (χ2n) is 7.16. The van der Waals surface area contributed by atoms with Crippen LogP contribution in [0.1, 0.15) is 55.3 Å². The molecule has 0 radical (unpaired) electrons. The molecule has 3 nitrogen and oxygen atoms in total. The van der Waals surface area contributed by atoms with Gasteiger partial charge in [-0.1, -0.05) is 67.0 Å². The third-order valence-electron chi connectivity index (χ3n) is 4.14. The van der Waals surface area contributed by atoms with Crippen molar-refractivity contribution < 1.29 is 14.6 Å². The van der Waals surface area contributed by atoms with Gasteiger partial charge in [0.25, 0.3) is 0 Å². The maximum atomic E-state index is 12.9. The number of halogens is 2. The van der Waals surface area contributed by atoms with Crippen molar-refractivity contribution >= 4 is 37.6 Å². The number of aromatic hydroxyl groups is 1. The molecule has 0 fully saturated rings. The van der Waals surface area contributed by atoms with Crippen LogP contribution in [0.2, 0.25) is 0 Å². The number of ether oxygens (including phenoxy) is 1. The highest BCUT2D eigenvalue weighted by Crippen LogP contribution is 2.40. The van der Waals surface area contributed by atoms with Gasteiger partial charge in [-0.25, -0.2) is 0 Å². The van der Waals surface area contributed by atoms with Crippen LogP contribution in [0.25, 0.3) is 0 Å². The molecule has 0 unspecified atom stereocenters. The van der Waals surface area contributed by atoms with Gasteiger partial charge in [0.05, 0.1) is 4.47 Å². The summed E-state index contributed by atoms with van der Waals surface area (Å²) < 4.78 is 6.52. The Labute approximate surface area is 172 Å². The van der Waals surface area contributed by atoms with Crippen molar-refractivity contribution in [1.82, 2.24) is 0 Å². The largest absolute Gasteiger partial charge is 0.506 e. The van der Waals surface area contributed by atoms with Gasteiger partial charge >= 0.3 is 0 Å². The van der Waals surface area contributed by atoms with Crippen molar-refractivity contribution in [3.05, 3.63) is 63.6 Å². The van der Waals surface area contributed by atoms with Crippen molar-refractivity contribution in [1.29, 1.82) is 0 Å². The highest BCUT2D eigenvalue weighted by molar-refractivity contribution is 9.10. The molecule has 2 aromatic carbocycles. The van der Waals surface area contributed by atoms with Crippen LogP contribution in [0.3, 0.4) is 0 Å². The molecule has 0 aliphatic heterocycles. The fourth-order valence-corrected chi connectivity index (χ4v) is 3.98. The molecule has 0 amide bonds. The molecular formula is C21H24Br2O3. The summed E-state index contributed by atoms with van der Waals surface area (Å²) in [5, 5.41) is 10.4. The van der Waals surface area contributed by atoms with E-state index >= 15 is 0 Å². The van der Waals surface area contributed by atoms with Crippen LogP contribution in [-0.4, -0.2) is 22.3 Å². The zero-order valence-electron chi connectivity index (χ0n) is 15.4. The average Bonchev–Trinajstić information content (AvgIpc) is 2.60. The number of alkyl halides is 1. The Balaban J connectivity index is 2.47. The first-order valence-electron chi connectivity index (χ1n) is 8.54. The molecule has 0 spiro atoms. The standard InChI is InChI=1S/C21H24Br2O3/c1-5-26-20(17(23)18(24)13-9-7-6-8-10-13)14-11-15(21(2,3)4)19(25)16(22)12-14/h6-12,17,20,25H,5H2,1-4H3/t17-,20+/m1/s1. The Kier molecular flexibility index (Phi) is 7.05. The van der Waals surface area contributed by atoms with Crippen LogP contribution in [0.4, 0.5) is 0 Å². The van der Waals surface area contributed by atoms with Crippen LogP contribution in [0.5, 0.6) is 5.75 Å². The Bertz CT molecular complexity index is 767. The van der Waals surface area contributed by atoms with Crippen molar-refractivity contribution in [2.75, 3.05) is 6.61 Å². The Morgan fingerprint density at radius 2 is 1.81 bits per heavy atom. The number of hydrogen-bond acceptors (Lipinski definition) is 3. The number of phenols is 1. The van der Waals surface area contributed by atoms with Crippen molar-refractivity contribution in [2.45, 2.75) is 44.0 Å². The molecule has 2 rings (SSSR count). The molecule has 2 atom stereocenters. The fourth-order valence-electron chi connectivity index (χ4n) is 2.78. The monoisotopic (exact) mass is 482 g/mol. The Morgan fingerprint density at radius 1 is 1.19 bits per heavy atom. The van der Waals surface area contributed by atoms with E-state index in [2.05, 4.69) is 31.9 Å². The number of ketones is 1. The first-order valence-corrected chi connectivity index (χ1v) is 10.3. The van der Waals surface area contributed by atoms with E-state index in [1.807, 2.05) is 58.0 Å². The summed E-state index contributed by atoms with van der Waals surface area (Å²) in [6, 6.07) is 12.9. The number of carbonyl (C=O) groups excluding carboxylic acids is 1. The summed E-state index contributed by atoms with van der Waals surface area (Å²) in [5.74, 6) is 0.183. The van der Waals surface area contributed by atoms with Gasteiger partial charge in [-0.05, 0) is 46.0 Å². The summed E-state index contributed by atoms with van der Waals surface area (Å²) in [7, 11) is 0. The first kappa shape index (κ1) is 21.1. The van der Waals surface area contributed by atoms with Crippen molar-refractivity contribution in [2.24, 2.45) is 0 Å². The Hall–Kier alpha value is -1.17. The van der Waals surface area contributed by atoms with Gasteiger partial charge in [0.15, 0.2) is 5.78 Å². The van der Waals surface area contributed by atoms with Gasteiger partial charge in [0.2, 0.25) is 0 Å². The average molecular weight is 484 g/mol. The van der Waals surface area contributed by atoms with E-state index in [-0.39, 0.29) is 16.9 Å². The predicted octanol–water partition coefficient (Wildman–Crippen LogP) is 6.18. The number of phenolic OH excluding ortho intramolecular Hbond substituents is 1. The molecular weight excluding hydrogens is 460 g/mol. The molecule has 0 aliphatic carbocycles. The predicted molar refractivity (Wildman–Crippen MR) is 112 cm³/mol. The van der Waals surface area contributed by atoms with Gasteiger partial charge in [0.1, 0.15) is 16.7 Å². The minimum absolute atomic E-state index is 0.0365. The van der Waals surface area contributed by atoms with Crippen LogP contribution < -0.4 is 0 Å². The summed E-state index contributed by atoms with van der Waals surface area (Å²) >= 11 is 6.98. The van der Waals surface area contributed by atoms with Crippen LogP contribution in [0.15, 0.2) is 46.9 Å². The molecule has 1 N–H and O–H groups in total. The van der Waals surface area contributed by atoms with E-state index in [1.165, 1.54) is 0 Å². The lowest BCUT2D eigenvalue weighted by Crippen LogP contribution is -2.25. The normalized spacial score (nSPS) is 14.1. The Morgan fingerprint density at radius 3 is 2.35 bits per heavy atom. The zero-order valence-corrected chi connectivity index (χ0v) is 18.6. The van der Waals surface area contributed by atoms with E-state index in [0.29, 0.717) is 16.6 Å². The topological polar surface area (TPSA) is 46.5 Å². The van der Waals surface area contributed by atoms with Crippen LogP contribution in [-0.2, 0) is 10.2 Å². The summed E-state index contributed by atoms with van der Waals surface area (Å²) in [6.07, 6.45) is -0.467. The maximum Gasteiger partial charge on any atom is 0.179 e. The summed E-state index contributed by atoms with van der Waals surface area (Å²) in [4.78, 5) is 12.3. The third kappa shape index (κ3) is 4.76. The van der Waals surface area contributed by atoms with E-state index in [1.54, 1.807) is 12.1 Å². The van der Waals surface area contributed by atoms with Gasteiger partial charge in [-0.3, -0.25) is 4.79 Å². The van der Waals surface area contributed by atoms with Crippen molar-refractivity contribution in [3.63, 3.8) is 0 Å². The number of carbonyl (C=O) groups is 1. The van der Waals surface area contributed by atoms with E-state index < -0.39 is 10.9 Å². The molecule has 0 saturated heterocycles. The molecule has 0 saturated carbocycles. The molecule has 0 aliphatic rings. The number of Topliss-reactive ketones (excluding diaryl/α,β-unsaturated/α-hetero) is 1. The van der Waals surface area contributed by atoms with E-state index in [9.17, 15) is 9.90 Å². The van der Waals surface area contributed by atoms with Gasteiger partial charge in [-0.2, -0.15) is 0 Å². The number of hydrogen-bond donors (Lipinski definition) is 1. The number of rotatable bonds is 6. The molecule has 0 aromatic heterocycles.